The van der Waals surface area contributed by atoms with Crippen molar-refractivity contribution in [1.29, 1.82) is 0 Å². The number of aryl methyl sites for hydroxylation is 2. The molecule has 61 heavy (non-hydrogen) atoms. The van der Waals surface area contributed by atoms with Crippen molar-refractivity contribution in [2.75, 3.05) is 34.0 Å². The van der Waals surface area contributed by atoms with Crippen molar-refractivity contribution >= 4 is 7.82 Å². The van der Waals surface area contributed by atoms with Crippen molar-refractivity contribution < 1.29 is 46.9 Å². The van der Waals surface area contributed by atoms with Crippen LogP contribution in [-0.2, 0) is 37.9 Å². The van der Waals surface area contributed by atoms with E-state index in [9.17, 15) is 28.8 Å². The Kier molecular flexibility index (Phi) is 11.6. The summed E-state index contributed by atoms with van der Waals surface area (Å²) < 4.78 is 65.1. The Morgan fingerprint density at radius 2 is 1.26 bits per heavy atom. The molecule has 1 spiro atoms. The minimum absolute atomic E-state index is 0.0552. The second-order valence-corrected chi connectivity index (χ2v) is 16.8. The van der Waals surface area contributed by atoms with Crippen LogP contribution in [0, 0.1) is 13.8 Å². The zero-order chi connectivity index (χ0) is 43.1. The number of phosphoric acid groups is 1. The number of H-pyrrole nitrogens is 2. The minimum Gasteiger partial charge on any atom is -0.497 e. The van der Waals surface area contributed by atoms with Crippen LogP contribution in [0.2, 0.25) is 0 Å². The lowest BCUT2D eigenvalue weighted by atomic mass is 9.80. The number of aromatic nitrogens is 4. The summed E-state index contributed by atoms with van der Waals surface area (Å²) in [5.74, 6) is 1.26. The molecule has 0 bridgehead atoms. The molecule has 2 aromatic heterocycles. The average molecular weight is 861 g/mol. The number of aliphatic hydroxyl groups excluding tert-OH is 1. The quantitative estimate of drug-likeness (QED) is 0.121. The Morgan fingerprint density at radius 3 is 1.79 bits per heavy atom. The van der Waals surface area contributed by atoms with E-state index in [4.69, 9.17) is 37.3 Å². The van der Waals surface area contributed by atoms with Gasteiger partial charge in [0, 0.05) is 36.4 Å². The number of benzene rings is 3. The molecule has 0 radical (unpaired) electrons. The zero-order valence-electron chi connectivity index (χ0n) is 33.7. The van der Waals surface area contributed by atoms with Gasteiger partial charge in [-0.3, -0.25) is 42.3 Å². The van der Waals surface area contributed by atoms with E-state index in [1.807, 2.05) is 78.9 Å². The fraction of sp³-hybridized carbons (Fsp3) is 0.381. The predicted octanol–water partition coefficient (Wildman–Crippen LogP) is 3.58. The molecule has 3 saturated heterocycles. The average Bonchev–Trinajstić information content (AvgIpc) is 3.81. The molecule has 18 nitrogen and oxygen atoms in total. The molecule has 5 atom stereocenters. The highest BCUT2D eigenvalue weighted by molar-refractivity contribution is 7.48. The number of hydrogen-bond donors (Lipinski definition) is 3. The third kappa shape index (κ3) is 8.09. The number of phosphoric ester groups is 1. The Morgan fingerprint density at radius 1 is 0.754 bits per heavy atom. The molecule has 3 N–H and O–H groups in total. The maximum Gasteiger partial charge on any atom is 0.475 e. The number of aliphatic hydroxyl groups is 1. The number of nitrogens with zero attached hydrogens (tertiary/aromatic N) is 2. The van der Waals surface area contributed by atoms with E-state index in [-0.39, 0.29) is 30.6 Å². The first-order valence-corrected chi connectivity index (χ1v) is 20.9. The van der Waals surface area contributed by atoms with Crippen LogP contribution in [0.25, 0.3) is 0 Å². The molecule has 19 heteroatoms. The van der Waals surface area contributed by atoms with Crippen LogP contribution in [0.5, 0.6) is 11.5 Å². The molecule has 8 rings (SSSR count). The van der Waals surface area contributed by atoms with Crippen molar-refractivity contribution in [2.45, 2.75) is 68.7 Å². The summed E-state index contributed by atoms with van der Waals surface area (Å²) in [7, 11) is -1.29. The summed E-state index contributed by atoms with van der Waals surface area (Å²) >= 11 is 0. The summed E-state index contributed by atoms with van der Waals surface area (Å²) in [4.78, 5) is 54.6. The minimum atomic E-state index is -4.44. The summed E-state index contributed by atoms with van der Waals surface area (Å²) in [5, 5.41) is 11.2. The van der Waals surface area contributed by atoms with Gasteiger partial charge in [-0.05, 0) is 54.8 Å². The fourth-order valence-electron chi connectivity index (χ4n) is 7.93. The highest BCUT2D eigenvalue weighted by Crippen LogP contribution is 2.58. The Balaban J connectivity index is 1.11. The van der Waals surface area contributed by atoms with E-state index in [1.165, 1.54) is 23.9 Å². The standard InChI is InChI=1S/C42H45N4O14P/c1-25-20-45(39(50)43-37(25)48)35-18-32(60-61(52)56-23-41(24-57-61)34(47)19-36(59-41)46-21-26(2)38(49)44-40(46)51)33(58-35)22-55-42(27-8-6-5-7-9-27,28-10-14-30(53-3)15-11-28)29-12-16-31(54-4)17-13-29/h5-17,20-21,32-36,47H,18-19,22-24H2,1-4H3,(H,43,48,50)(H,44,49,51)/t32-,33+,34-,35+,36+,41?,61?/m0/s1. The SMILES string of the molecule is COc1ccc(C(OC[C@H]2O[C@@H](n3cc(C)c(=O)[nH]c3=O)C[C@@H]2OP2(=O)OCC3(CO2)O[C@@H](n2cc(C)c(=O)[nH]c2=O)C[C@@H]3O)(c2ccccc2)c2ccc(OC)cc2)cc1. The number of ether oxygens (including phenoxy) is 5. The number of methoxy groups -OCH3 is 2. The van der Waals surface area contributed by atoms with Crippen LogP contribution in [0.1, 0.15) is 53.1 Å². The van der Waals surface area contributed by atoms with Gasteiger partial charge in [0.05, 0.1) is 40.1 Å². The van der Waals surface area contributed by atoms with Crippen LogP contribution in [0.15, 0.2) is 110 Å². The molecule has 0 aliphatic carbocycles. The third-order valence-electron chi connectivity index (χ3n) is 11.3. The number of hydrogen-bond acceptors (Lipinski definition) is 14. The van der Waals surface area contributed by atoms with Crippen molar-refractivity contribution in [3.05, 3.63) is 161 Å². The number of rotatable bonds is 12. The topological polar surface area (TPSA) is 221 Å². The van der Waals surface area contributed by atoms with Crippen LogP contribution >= 0.6 is 7.82 Å². The van der Waals surface area contributed by atoms with Crippen LogP contribution in [-0.4, -0.2) is 82.2 Å². The molecule has 3 aliphatic heterocycles. The van der Waals surface area contributed by atoms with Gasteiger partial charge in [-0.15, -0.1) is 0 Å². The molecule has 3 aromatic carbocycles. The second-order valence-electron chi connectivity index (χ2n) is 15.2. The third-order valence-corrected chi connectivity index (χ3v) is 12.8. The molecule has 3 aliphatic rings. The summed E-state index contributed by atoms with van der Waals surface area (Å²) in [6.45, 7) is 1.99. The molecule has 3 fully saturated rings. The maximum absolute atomic E-state index is 14.3. The zero-order valence-corrected chi connectivity index (χ0v) is 34.6. The van der Waals surface area contributed by atoms with Crippen molar-refractivity contribution in [3.8, 4) is 11.5 Å². The van der Waals surface area contributed by atoms with E-state index in [2.05, 4.69) is 9.97 Å². The summed E-state index contributed by atoms with van der Waals surface area (Å²) in [5.41, 5.74) is -2.64. The van der Waals surface area contributed by atoms with Gasteiger partial charge < -0.3 is 28.8 Å². The lowest BCUT2D eigenvalue weighted by Gasteiger charge is -2.39. The highest BCUT2D eigenvalue weighted by atomic mass is 31.2. The first-order valence-electron chi connectivity index (χ1n) is 19.5. The molecule has 5 aromatic rings. The summed E-state index contributed by atoms with van der Waals surface area (Å²) in [6.07, 6.45) is -2.74. The largest absolute Gasteiger partial charge is 0.497 e. The van der Waals surface area contributed by atoms with Crippen LogP contribution in [0.3, 0.4) is 0 Å². The lowest BCUT2D eigenvalue weighted by Crippen LogP contribution is -2.50. The van der Waals surface area contributed by atoms with E-state index < -0.39 is 85.5 Å². The second kappa shape index (κ2) is 16.8. The van der Waals surface area contributed by atoms with Gasteiger partial charge in [0.15, 0.2) is 0 Å². The Hall–Kier alpha value is -5.43. The van der Waals surface area contributed by atoms with E-state index in [1.54, 1.807) is 21.1 Å². The molecular formula is C42H45N4O14P. The lowest BCUT2D eigenvalue weighted by molar-refractivity contribution is -0.169. The monoisotopic (exact) mass is 860 g/mol. The first kappa shape index (κ1) is 42.3. The van der Waals surface area contributed by atoms with Gasteiger partial charge in [-0.2, -0.15) is 0 Å². The van der Waals surface area contributed by atoms with Gasteiger partial charge in [0.25, 0.3) is 11.1 Å². The highest BCUT2D eigenvalue weighted by Gasteiger charge is 2.56. The van der Waals surface area contributed by atoms with Crippen molar-refractivity contribution in [3.63, 3.8) is 0 Å². The normalized spacial score (nSPS) is 26.4. The molecular weight excluding hydrogens is 815 g/mol. The smallest absolute Gasteiger partial charge is 0.475 e. The fourth-order valence-corrected chi connectivity index (χ4v) is 9.43. The molecule has 0 unspecified atom stereocenters. The number of nitrogens with one attached hydrogen (secondary N) is 2. The van der Waals surface area contributed by atoms with Gasteiger partial charge in [-0.1, -0.05) is 54.6 Å². The molecule has 322 valence electrons. The number of aromatic amines is 2. The molecule has 0 amide bonds. The summed E-state index contributed by atoms with van der Waals surface area (Å²) in [6, 6.07) is 24.4. The maximum atomic E-state index is 14.3. The van der Waals surface area contributed by atoms with E-state index >= 15 is 0 Å². The van der Waals surface area contributed by atoms with E-state index in [0.29, 0.717) is 11.5 Å². The Labute approximate surface area is 348 Å². The predicted molar refractivity (Wildman–Crippen MR) is 217 cm³/mol. The molecule has 5 heterocycles. The molecule has 0 saturated carbocycles. The van der Waals surface area contributed by atoms with Gasteiger partial charge in [-0.25, -0.2) is 14.2 Å². The first-order chi connectivity index (χ1) is 29.3. The van der Waals surface area contributed by atoms with Gasteiger partial charge >= 0.3 is 19.2 Å². The Bertz CT molecular complexity index is 2600. The van der Waals surface area contributed by atoms with E-state index in [0.717, 1.165) is 21.3 Å². The van der Waals surface area contributed by atoms with Gasteiger partial charge in [0.2, 0.25) is 0 Å². The van der Waals surface area contributed by atoms with Crippen molar-refractivity contribution in [1.82, 2.24) is 19.1 Å². The van der Waals surface area contributed by atoms with Crippen LogP contribution < -0.4 is 32.0 Å². The van der Waals surface area contributed by atoms with Gasteiger partial charge in [0.1, 0.15) is 47.4 Å². The van der Waals surface area contributed by atoms with Crippen LogP contribution in [0.4, 0.5) is 0 Å². The van der Waals surface area contributed by atoms with Crippen molar-refractivity contribution in [2.24, 2.45) is 0 Å².